The second kappa shape index (κ2) is 17.8. The van der Waals surface area contributed by atoms with Crippen molar-refractivity contribution < 1.29 is 4.79 Å². The van der Waals surface area contributed by atoms with Gasteiger partial charge in [-0.15, -0.1) is 0 Å². The zero-order chi connectivity index (χ0) is 21.2. The molecule has 1 aromatic heterocycles. The van der Waals surface area contributed by atoms with E-state index in [9.17, 15) is 4.79 Å². The van der Waals surface area contributed by atoms with Crippen LogP contribution in [-0.4, -0.2) is 22.2 Å². The number of unbranched alkanes of at least 4 members (excludes halogenated alkanes) is 15. The van der Waals surface area contributed by atoms with Crippen LogP contribution in [0.3, 0.4) is 0 Å². The third kappa shape index (κ3) is 14.6. The molecule has 168 valence electrons. The average Bonchev–Trinajstić information content (AvgIpc) is 3.01. The van der Waals surface area contributed by atoms with Gasteiger partial charge in [0.05, 0.1) is 10.7 Å². The number of amides is 1. The van der Waals surface area contributed by atoms with Crippen LogP contribution in [0.15, 0.2) is 6.20 Å². The molecule has 0 aliphatic heterocycles. The lowest BCUT2D eigenvalue weighted by molar-refractivity contribution is -0.121. The van der Waals surface area contributed by atoms with Gasteiger partial charge < -0.3 is 5.32 Å². The fourth-order valence-electron chi connectivity index (χ4n) is 3.68. The van der Waals surface area contributed by atoms with Crippen LogP contribution < -0.4 is 5.32 Å². The highest BCUT2D eigenvalue weighted by atomic mass is 35.5. The van der Waals surface area contributed by atoms with E-state index in [2.05, 4.69) is 17.3 Å². The minimum absolute atomic E-state index is 0.00475. The molecule has 1 rings (SSSR count). The summed E-state index contributed by atoms with van der Waals surface area (Å²) in [5.74, 6) is 0.00475. The molecule has 1 heterocycles. The van der Waals surface area contributed by atoms with Crippen molar-refractivity contribution in [2.45, 2.75) is 123 Å². The van der Waals surface area contributed by atoms with Crippen molar-refractivity contribution in [3.63, 3.8) is 0 Å². The summed E-state index contributed by atoms with van der Waals surface area (Å²) >= 11 is 5.95. The minimum atomic E-state index is 0.00475. The van der Waals surface area contributed by atoms with Crippen LogP contribution in [0.1, 0.15) is 115 Å². The van der Waals surface area contributed by atoms with Crippen LogP contribution in [0.5, 0.6) is 0 Å². The Balaban J connectivity index is 1.78. The first-order valence-corrected chi connectivity index (χ1v) is 12.5. The second-order valence-electron chi connectivity index (χ2n) is 8.41. The van der Waals surface area contributed by atoms with Gasteiger partial charge in [0.1, 0.15) is 6.54 Å². The number of rotatable bonds is 19. The molecule has 0 aliphatic carbocycles. The third-order valence-electron chi connectivity index (χ3n) is 5.54. The summed E-state index contributed by atoms with van der Waals surface area (Å²) in [5, 5.41) is 7.78. The van der Waals surface area contributed by atoms with Crippen molar-refractivity contribution in [3.05, 3.63) is 16.9 Å². The molecule has 29 heavy (non-hydrogen) atoms. The van der Waals surface area contributed by atoms with E-state index in [0.29, 0.717) is 5.02 Å². The van der Waals surface area contributed by atoms with E-state index < -0.39 is 0 Å². The topological polar surface area (TPSA) is 46.9 Å². The fourth-order valence-corrected chi connectivity index (χ4v) is 3.83. The molecule has 1 amide bonds. The average molecular weight is 426 g/mol. The molecule has 0 saturated heterocycles. The maximum atomic E-state index is 11.9. The Labute approximate surface area is 184 Å². The first-order chi connectivity index (χ1) is 14.1. The van der Waals surface area contributed by atoms with E-state index in [1.54, 1.807) is 10.9 Å². The van der Waals surface area contributed by atoms with Crippen LogP contribution in [0.4, 0.5) is 0 Å². The van der Waals surface area contributed by atoms with Crippen molar-refractivity contribution in [3.8, 4) is 0 Å². The molecule has 0 spiro atoms. The van der Waals surface area contributed by atoms with Crippen molar-refractivity contribution in [1.82, 2.24) is 15.1 Å². The maximum absolute atomic E-state index is 11.9. The van der Waals surface area contributed by atoms with Crippen molar-refractivity contribution in [1.29, 1.82) is 0 Å². The number of hydrogen-bond acceptors (Lipinski definition) is 2. The van der Waals surface area contributed by atoms with E-state index in [1.165, 1.54) is 96.3 Å². The molecule has 0 unspecified atom stereocenters. The van der Waals surface area contributed by atoms with Gasteiger partial charge in [-0.2, -0.15) is 5.10 Å². The first kappa shape index (κ1) is 26.0. The molecule has 4 nitrogen and oxygen atoms in total. The lowest BCUT2D eigenvalue weighted by atomic mass is 10.0. The van der Waals surface area contributed by atoms with E-state index in [-0.39, 0.29) is 12.5 Å². The molecule has 0 radical (unpaired) electrons. The second-order valence-corrected chi connectivity index (χ2v) is 8.82. The highest BCUT2D eigenvalue weighted by Gasteiger charge is 2.06. The van der Waals surface area contributed by atoms with E-state index in [1.807, 2.05) is 6.92 Å². The van der Waals surface area contributed by atoms with E-state index >= 15 is 0 Å². The summed E-state index contributed by atoms with van der Waals surface area (Å²) in [5.41, 5.74) is 0.761. The summed E-state index contributed by atoms with van der Waals surface area (Å²) in [6.45, 7) is 5.12. The smallest absolute Gasteiger partial charge is 0.241 e. The first-order valence-electron chi connectivity index (χ1n) is 12.1. The van der Waals surface area contributed by atoms with Crippen molar-refractivity contribution in [2.24, 2.45) is 0 Å². The van der Waals surface area contributed by atoms with E-state index in [0.717, 1.165) is 18.7 Å². The predicted octanol–water partition coefficient (Wildman–Crippen LogP) is 7.22. The van der Waals surface area contributed by atoms with Gasteiger partial charge in [0.2, 0.25) is 5.91 Å². The summed E-state index contributed by atoms with van der Waals surface area (Å²) < 4.78 is 1.60. The van der Waals surface area contributed by atoms with Crippen LogP contribution in [0.2, 0.25) is 5.02 Å². The van der Waals surface area contributed by atoms with Gasteiger partial charge in [0.15, 0.2) is 0 Å². The van der Waals surface area contributed by atoms with Gasteiger partial charge in [0.25, 0.3) is 0 Å². The summed E-state index contributed by atoms with van der Waals surface area (Å²) in [6.07, 6.45) is 23.5. The SMILES string of the molecule is CCCCCCCCCCCCCCCCCCNC(=O)Cn1cc(Cl)c(C)n1. The lowest BCUT2D eigenvalue weighted by Gasteiger charge is -2.06. The number of nitrogens with one attached hydrogen (secondary N) is 1. The number of carbonyl (C=O) groups is 1. The quantitative estimate of drug-likeness (QED) is 0.238. The van der Waals surface area contributed by atoms with Crippen LogP contribution in [0.25, 0.3) is 0 Å². The zero-order valence-electron chi connectivity index (χ0n) is 19.0. The molecule has 1 aromatic rings. The molecular weight excluding hydrogens is 382 g/mol. The van der Waals surface area contributed by atoms with Gasteiger partial charge in [-0.05, 0) is 13.3 Å². The highest BCUT2D eigenvalue weighted by Crippen LogP contribution is 2.14. The van der Waals surface area contributed by atoms with Crippen molar-refractivity contribution in [2.75, 3.05) is 6.54 Å². The number of nitrogens with zero attached hydrogens (tertiary/aromatic N) is 2. The Hall–Kier alpha value is -1.03. The van der Waals surface area contributed by atoms with Gasteiger partial charge in [-0.1, -0.05) is 115 Å². The fraction of sp³-hybridized carbons (Fsp3) is 0.833. The molecular formula is C24H44ClN3O. The Morgan fingerprint density at radius 2 is 1.31 bits per heavy atom. The minimum Gasteiger partial charge on any atom is -0.354 e. The standard InChI is InChI=1S/C24H44ClN3O/c1-3-4-5-6-7-8-9-10-11-12-13-14-15-16-17-18-19-26-24(29)21-28-20-23(25)22(2)27-28/h20H,3-19,21H2,1-2H3,(H,26,29). The van der Waals surface area contributed by atoms with Crippen LogP contribution >= 0.6 is 11.6 Å². The molecule has 1 N–H and O–H groups in total. The van der Waals surface area contributed by atoms with Gasteiger partial charge in [-0.25, -0.2) is 0 Å². The summed E-state index contributed by atoms with van der Waals surface area (Å²) in [7, 11) is 0. The lowest BCUT2D eigenvalue weighted by Crippen LogP contribution is -2.28. The van der Waals surface area contributed by atoms with Gasteiger partial charge >= 0.3 is 0 Å². The van der Waals surface area contributed by atoms with E-state index in [4.69, 9.17) is 11.6 Å². The summed E-state index contributed by atoms with van der Waals surface area (Å²) in [6, 6.07) is 0. The molecule has 0 bridgehead atoms. The largest absolute Gasteiger partial charge is 0.354 e. The predicted molar refractivity (Wildman–Crippen MR) is 125 cm³/mol. The molecule has 5 heteroatoms. The molecule has 0 fully saturated rings. The Morgan fingerprint density at radius 1 is 0.862 bits per heavy atom. The van der Waals surface area contributed by atoms with Crippen molar-refractivity contribution >= 4 is 17.5 Å². The number of hydrogen-bond donors (Lipinski definition) is 1. The number of aryl methyl sites for hydroxylation is 1. The van der Waals surface area contributed by atoms with Crippen LogP contribution in [-0.2, 0) is 11.3 Å². The monoisotopic (exact) mass is 425 g/mol. The Bertz CT molecular complexity index is 511. The molecule has 0 aromatic carbocycles. The number of halogens is 1. The normalized spacial score (nSPS) is 11.1. The molecule has 0 saturated carbocycles. The summed E-state index contributed by atoms with van der Waals surface area (Å²) in [4.78, 5) is 11.9. The highest BCUT2D eigenvalue weighted by molar-refractivity contribution is 6.31. The number of aromatic nitrogens is 2. The Kier molecular flexibility index (Phi) is 16.0. The van der Waals surface area contributed by atoms with Crippen LogP contribution in [0, 0.1) is 6.92 Å². The Morgan fingerprint density at radius 3 is 1.72 bits per heavy atom. The zero-order valence-corrected chi connectivity index (χ0v) is 19.7. The maximum Gasteiger partial charge on any atom is 0.241 e. The van der Waals surface area contributed by atoms with Gasteiger partial charge in [0, 0.05) is 12.7 Å². The molecule has 0 aliphatic rings. The van der Waals surface area contributed by atoms with Gasteiger partial charge in [-0.3, -0.25) is 9.48 Å². The molecule has 0 atom stereocenters. The number of carbonyl (C=O) groups excluding carboxylic acids is 1. The third-order valence-corrected chi connectivity index (χ3v) is 5.92.